The minimum Gasteiger partial charge on any atom is -0.408 e. The normalized spacial score (nSPS) is 20.4. The Balaban J connectivity index is 1.63. The molecular weight excluding hydrogens is 232 g/mol. The van der Waals surface area contributed by atoms with E-state index in [0.29, 0.717) is 17.8 Å². The van der Waals surface area contributed by atoms with Crippen LogP contribution in [0, 0.1) is 12.8 Å². The lowest BCUT2D eigenvalue weighted by molar-refractivity contribution is 0.178. The number of nitrogens with zero attached hydrogens (tertiary/aromatic N) is 3. The van der Waals surface area contributed by atoms with Crippen LogP contribution in [0.5, 0.6) is 0 Å². The number of anilines is 1. The molecule has 2 heterocycles. The summed E-state index contributed by atoms with van der Waals surface area (Å²) in [6.45, 7) is 7.00. The number of hydrogen-bond donors (Lipinski definition) is 1. The van der Waals surface area contributed by atoms with Gasteiger partial charge in [0.05, 0.1) is 0 Å². The Bertz CT molecular complexity index is 356. The molecule has 102 valence electrons. The van der Waals surface area contributed by atoms with E-state index >= 15 is 0 Å². The van der Waals surface area contributed by atoms with Crippen LogP contribution in [-0.2, 0) is 4.74 Å². The molecule has 1 aromatic rings. The van der Waals surface area contributed by atoms with Crippen LogP contribution in [0.4, 0.5) is 6.01 Å². The molecule has 0 radical (unpaired) electrons. The van der Waals surface area contributed by atoms with E-state index in [1.54, 1.807) is 14.0 Å². The van der Waals surface area contributed by atoms with Gasteiger partial charge in [-0.25, -0.2) is 0 Å². The number of hydrogen-bond acceptors (Lipinski definition) is 6. The summed E-state index contributed by atoms with van der Waals surface area (Å²) in [6.07, 6.45) is 2.34. The summed E-state index contributed by atoms with van der Waals surface area (Å²) in [6, 6.07) is 0.533. The molecule has 6 nitrogen and oxygen atoms in total. The summed E-state index contributed by atoms with van der Waals surface area (Å²) >= 11 is 0. The lowest BCUT2D eigenvalue weighted by Gasteiger charge is -2.15. The van der Waals surface area contributed by atoms with Crippen molar-refractivity contribution in [2.24, 2.45) is 5.92 Å². The van der Waals surface area contributed by atoms with Crippen molar-refractivity contribution in [1.29, 1.82) is 0 Å². The van der Waals surface area contributed by atoms with Crippen molar-refractivity contribution in [3.63, 3.8) is 0 Å². The molecule has 0 saturated carbocycles. The van der Waals surface area contributed by atoms with Crippen molar-refractivity contribution in [2.75, 3.05) is 45.2 Å². The maximum absolute atomic E-state index is 5.29. The second kappa shape index (κ2) is 6.70. The predicted molar refractivity (Wildman–Crippen MR) is 68.6 cm³/mol. The first-order chi connectivity index (χ1) is 8.78. The zero-order valence-electron chi connectivity index (χ0n) is 11.2. The summed E-state index contributed by atoms with van der Waals surface area (Å²) in [5.41, 5.74) is 0. The number of ether oxygens (including phenoxy) is 1. The number of nitrogens with one attached hydrogen (secondary N) is 1. The third-order valence-electron chi connectivity index (χ3n) is 3.26. The molecule has 1 atom stereocenters. The topological polar surface area (TPSA) is 63.4 Å². The van der Waals surface area contributed by atoms with Gasteiger partial charge in [0.1, 0.15) is 0 Å². The third kappa shape index (κ3) is 3.96. The molecule has 18 heavy (non-hydrogen) atoms. The van der Waals surface area contributed by atoms with Crippen LogP contribution in [0.25, 0.3) is 0 Å². The lowest BCUT2D eigenvalue weighted by Crippen LogP contribution is -2.24. The molecule has 1 aliphatic rings. The summed E-state index contributed by atoms with van der Waals surface area (Å²) in [4.78, 5) is 2.49. The van der Waals surface area contributed by atoms with E-state index in [0.717, 1.165) is 32.7 Å². The van der Waals surface area contributed by atoms with Crippen LogP contribution in [0.2, 0.25) is 0 Å². The van der Waals surface area contributed by atoms with E-state index in [9.17, 15) is 0 Å². The van der Waals surface area contributed by atoms with Gasteiger partial charge in [-0.1, -0.05) is 5.10 Å². The van der Waals surface area contributed by atoms with Gasteiger partial charge in [-0.2, -0.15) is 0 Å². The Morgan fingerprint density at radius 2 is 2.39 bits per heavy atom. The Morgan fingerprint density at radius 1 is 1.50 bits per heavy atom. The molecule has 1 unspecified atom stereocenters. The molecule has 1 aliphatic heterocycles. The van der Waals surface area contributed by atoms with Gasteiger partial charge in [0.15, 0.2) is 0 Å². The number of aryl methyl sites for hydroxylation is 1. The Morgan fingerprint density at radius 3 is 3.11 bits per heavy atom. The minimum absolute atomic E-state index is 0.533. The monoisotopic (exact) mass is 254 g/mol. The summed E-state index contributed by atoms with van der Waals surface area (Å²) in [5.74, 6) is 1.27. The molecule has 0 amide bonds. The molecule has 1 fully saturated rings. The molecule has 2 rings (SSSR count). The molecule has 0 bridgehead atoms. The van der Waals surface area contributed by atoms with Crippen molar-refractivity contribution in [3.8, 4) is 0 Å². The maximum Gasteiger partial charge on any atom is 0.315 e. The average molecular weight is 254 g/mol. The molecule has 1 aromatic heterocycles. The van der Waals surface area contributed by atoms with E-state index in [-0.39, 0.29) is 0 Å². The van der Waals surface area contributed by atoms with Crippen molar-refractivity contribution in [2.45, 2.75) is 19.8 Å². The van der Waals surface area contributed by atoms with E-state index in [1.807, 2.05) is 0 Å². The number of likely N-dealkylation sites (tertiary alicyclic amines) is 1. The number of rotatable bonds is 7. The number of methoxy groups -OCH3 is 1. The summed E-state index contributed by atoms with van der Waals surface area (Å²) in [5, 5.41) is 10.9. The molecule has 1 saturated heterocycles. The van der Waals surface area contributed by atoms with E-state index < -0.39 is 0 Å². The summed E-state index contributed by atoms with van der Waals surface area (Å²) in [7, 11) is 1.75. The minimum atomic E-state index is 0.533. The van der Waals surface area contributed by atoms with E-state index in [4.69, 9.17) is 9.15 Å². The van der Waals surface area contributed by atoms with Crippen molar-refractivity contribution in [3.05, 3.63) is 5.89 Å². The fraction of sp³-hybridized carbons (Fsp3) is 0.833. The van der Waals surface area contributed by atoms with Gasteiger partial charge >= 0.3 is 6.01 Å². The van der Waals surface area contributed by atoms with E-state index in [1.165, 1.54) is 13.0 Å². The van der Waals surface area contributed by atoms with Crippen molar-refractivity contribution in [1.82, 2.24) is 15.1 Å². The van der Waals surface area contributed by atoms with Crippen molar-refractivity contribution >= 4 is 6.01 Å². The standard InChI is InChI=1S/C12H22N4O2/c1-10-14-15-12(18-10)13-8-11-4-6-16(9-11)5-3-7-17-2/h11H,3-9H2,1-2H3,(H,13,15). The predicted octanol–water partition coefficient (Wildman–Crippen LogP) is 1.15. The molecule has 0 spiro atoms. The Labute approximate surface area is 108 Å². The maximum atomic E-state index is 5.29. The van der Waals surface area contributed by atoms with Gasteiger partial charge in [0.2, 0.25) is 5.89 Å². The summed E-state index contributed by atoms with van der Waals surface area (Å²) < 4.78 is 10.4. The zero-order chi connectivity index (χ0) is 12.8. The van der Waals surface area contributed by atoms with E-state index in [2.05, 4.69) is 20.4 Å². The van der Waals surface area contributed by atoms with Crippen molar-refractivity contribution < 1.29 is 9.15 Å². The fourth-order valence-corrected chi connectivity index (χ4v) is 2.31. The highest BCUT2D eigenvalue weighted by Gasteiger charge is 2.22. The van der Waals surface area contributed by atoms with Gasteiger partial charge in [-0.15, -0.1) is 5.10 Å². The Kier molecular flexibility index (Phi) is 4.95. The van der Waals surface area contributed by atoms with Gasteiger partial charge in [0, 0.05) is 40.3 Å². The smallest absolute Gasteiger partial charge is 0.315 e. The van der Waals surface area contributed by atoms with Gasteiger partial charge in [0.25, 0.3) is 0 Å². The van der Waals surface area contributed by atoms with Crippen LogP contribution in [-0.4, -0.2) is 55.0 Å². The van der Waals surface area contributed by atoms with Crippen LogP contribution in [0.15, 0.2) is 4.42 Å². The lowest BCUT2D eigenvalue weighted by atomic mass is 10.1. The fourth-order valence-electron chi connectivity index (χ4n) is 2.31. The molecular formula is C12H22N4O2. The zero-order valence-corrected chi connectivity index (χ0v) is 11.2. The average Bonchev–Trinajstić information content (AvgIpc) is 2.96. The third-order valence-corrected chi connectivity index (χ3v) is 3.26. The first-order valence-electron chi connectivity index (χ1n) is 6.53. The highest BCUT2D eigenvalue weighted by molar-refractivity contribution is 5.16. The highest BCUT2D eigenvalue weighted by Crippen LogP contribution is 2.17. The molecule has 6 heteroatoms. The first kappa shape index (κ1) is 13.3. The van der Waals surface area contributed by atoms with Gasteiger partial charge < -0.3 is 19.4 Å². The quantitative estimate of drug-likeness (QED) is 0.736. The second-order valence-corrected chi connectivity index (χ2v) is 4.81. The van der Waals surface area contributed by atoms with Gasteiger partial charge in [-0.05, 0) is 25.3 Å². The van der Waals surface area contributed by atoms with Gasteiger partial charge in [-0.3, -0.25) is 0 Å². The Hall–Kier alpha value is -1.14. The molecule has 1 N–H and O–H groups in total. The van der Waals surface area contributed by atoms with Crippen LogP contribution in [0.1, 0.15) is 18.7 Å². The second-order valence-electron chi connectivity index (χ2n) is 4.81. The van der Waals surface area contributed by atoms with Crippen LogP contribution in [0.3, 0.4) is 0 Å². The van der Waals surface area contributed by atoms with Crippen LogP contribution >= 0.6 is 0 Å². The molecule has 0 aliphatic carbocycles. The van der Waals surface area contributed by atoms with Crippen LogP contribution < -0.4 is 5.32 Å². The SMILES string of the molecule is COCCCN1CCC(CNc2nnc(C)o2)C1. The largest absolute Gasteiger partial charge is 0.408 e. The number of aromatic nitrogens is 2. The highest BCUT2D eigenvalue weighted by atomic mass is 16.5. The molecule has 0 aromatic carbocycles. The first-order valence-corrected chi connectivity index (χ1v) is 6.53.